The molecule has 1 heterocycles. The van der Waals surface area contributed by atoms with Crippen molar-refractivity contribution in [2.24, 2.45) is 0 Å². The van der Waals surface area contributed by atoms with Crippen LogP contribution in [-0.2, 0) is 11.3 Å². The Morgan fingerprint density at radius 1 is 1.47 bits per heavy atom. The second-order valence-electron chi connectivity index (χ2n) is 4.66. The average molecular weight is 264 g/mol. The van der Waals surface area contributed by atoms with Crippen molar-refractivity contribution in [3.05, 3.63) is 23.8 Å². The number of nitrogens with zero attached hydrogens (tertiary/aromatic N) is 1. The van der Waals surface area contributed by atoms with Crippen molar-refractivity contribution in [3.63, 3.8) is 0 Å². The van der Waals surface area contributed by atoms with Gasteiger partial charge in [0.1, 0.15) is 11.5 Å². The van der Waals surface area contributed by atoms with E-state index in [2.05, 4.69) is 5.32 Å². The number of likely N-dealkylation sites (tertiary alicyclic amines) is 1. The maximum atomic E-state index is 11.9. The lowest BCUT2D eigenvalue weighted by Crippen LogP contribution is -2.29. The van der Waals surface area contributed by atoms with Gasteiger partial charge in [0.05, 0.1) is 7.11 Å². The molecule has 0 radical (unpaired) electrons. The summed E-state index contributed by atoms with van der Waals surface area (Å²) in [5.41, 5.74) is 0.990. The molecule has 0 spiro atoms. The van der Waals surface area contributed by atoms with Crippen LogP contribution in [0.4, 0.5) is 0 Å². The minimum absolute atomic E-state index is 0.0474. The standard InChI is InChI=1S/C14H20N2O3/c1-15-9-10-8-11(18-3)4-5-12(10)19-13-6-7-16(2)14(13)17/h4-5,8,13,15H,6-7,9H2,1-3H3. The van der Waals surface area contributed by atoms with Crippen molar-refractivity contribution >= 4 is 5.91 Å². The molecule has 5 heteroatoms. The third-order valence-corrected chi connectivity index (χ3v) is 3.28. The molecule has 0 bridgehead atoms. The number of methoxy groups -OCH3 is 1. The molecule has 1 unspecified atom stereocenters. The van der Waals surface area contributed by atoms with E-state index in [0.29, 0.717) is 6.54 Å². The van der Waals surface area contributed by atoms with E-state index in [9.17, 15) is 4.79 Å². The molecular formula is C14H20N2O3. The molecule has 19 heavy (non-hydrogen) atoms. The molecule has 0 saturated carbocycles. The fourth-order valence-corrected chi connectivity index (χ4v) is 2.18. The molecule has 5 nitrogen and oxygen atoms in total. The van der Waals surface area contributed by atoms with Crippen LogP contribution < -0.4 is 14.8 Å². The van der Waals surface area contributed by atoms with E-state index in [0.717, 1.165) is 30.0 Å². The quantitative estimate of drug-likeness (QED) is 0.863. The molecule has 1 atom stereocenters. The van der Waals surface area contributed by atoms with Crippen LogP contribution >= 0.6 is 0 Å². The topological polar surface area (TPSA) is 50.8 Å². The number of ether oxygens (including phenoxy) is 2. The molecule has 2 rings (SSSR count). The molecular weight excluding hydrogens is 244 g/mol. The highest BCUT2D eigenvalue weighted by atomic mass is 16.5. The summed E-state index contributed by atoms with van der Waals surface area (Å²) in [6.45, 7) is 1.42. The lowest BCUT2D eigenvalue weighted by atomic mass is 10.2. The van der Waals surface area contributed by atoms with Crippen molar-refractivity contribution < 1.29 is 14.3 Å². The van der Waals surface area contributed by atoms with Gasteiger partial charge >= 0.3 is 0 Å². The summed E-state index contributed by atoms with van der Waals surface area (Å²) >= 11 is 0. The summed E-state index contributed by atoms with van der Waals surface area (Å²) in [5.74, 6) is 1.57. The lowest BCUT2D eigenvalue weighted by molar-refractivity contribution is -0.132. The summed E-state index contributed by atoms with van der Waals surface area (Å²) in [6, 6.07) is 5.63. The Kier molecular flexibility index (Phi) is 4.27. The summed E-state index contributed by atoms with van der Waals surface area (Å²) in [5, 5.41) is 3.09. The first-order valence-corrected chi connectivity index (χ1v) is 6.39. The molecule has 0 aromatic heterocycles. The number of carbonyl (C=O) groups excluding carboxylic acids is 1. The smallest absolute Gasteiger partial charge is 0.263 e. The number of hydrogen-bond acceptors (Lipinski definition) is 4. The van der Waals surface area contributed by atoms with Crippen LogP contribution in [-0.4, -0.2) is 44.7 Å². The number of rotatable bonds is 5. The van der Waals surface area contributed by atoms with E-state index < -0.39 is 0 Å². The maximum absolute atomic E-state index is 11.9. The molecule has 104 valence electrons. The van der Waals surface area contributed by atoms with Crippen LogP contribution in [0.2, 0.25) is 0 Å². The maximum Gasteiger partial charge on any atom is 0.263 e. The van der Waals surface area contributed by atoms with Gasteiger partial charge in [0.2, 0.25) is 0 Å². The highest BCUT2D eigenvalue weighted by Gasteiger charge is 2.31. The predicted molar refractivity (Wildman–Crippen MR) is 72.4 cm³/mol. The van der Waals surface area contributed by atoms with E-state index in [4.69, 9.17) is 9.47 Å². The molecule has 0 aliphatic carbocycles. The van der Waals surface area contributed by atoms with Crippen LogP contribution in [0.1, 0.15) is 12.0 Å². The molecule has 1 amide bonds. The lowest BCUT2D eigenvalue weighted by Gasteiger charge is -2.16. The van der Waals surface area contributed by atoms with E-state index in [1.807, 2.05) is 25.2 Å². The van der Waals surface area contributed by atoms with E-state index in [1.54, 1.807) is 19.1 Å². The van der Waals surface area contributed by atoms with E-state index in [1.165, 1.54) is 0 Å². The first kappa shape index (κ1) is 13.7. The van der Waals surface area contributed by atoms with Crippen LogP contribution in [0.25, 0.3) is 0 Å². The normalized spacial score (nSPS) is 18.8. The monoisotopic (exact) mass is 264 g/mol. The van der Waals surface area contributed by atoms with Crippen molar-refractivity contribution in [2.75, 3.05) is 27.7 Å². The van der Waals surface area contributed by atoms with Gasteiger partial charge in [0, 0.05) is 32.1 Å². The van der Waals surface area contributed by atoms with Crippen molar-refractivity contribution in [3.8, 4) is 11.5 Å². The highest BCUT2D eigenvalue weighted by molar-refractivity contribution is 5.83. The molecule has 1 aromatic carbocycles. The second kappa shape index (κ2) is 5.93. The van der Waals surface area contributed by atoms with Crippen LogP contribution in [0, 0.1) is 0 Å². The molecule has 1 saturated heterocycles. The summed E-state index contributed by atoms with van der Waals surface area (Å²) < 4.78 is 11.1. The van der Waals surface area contributed by atoms with Gasteiger partial charge in [-0.1, -0.05) is 0 Å². The largest absolute Gasteiger partial charge is 0.497 e. The van der Waals surface area contributed by atoms with Crippen LogP contribution in [0.3, 0.4) is 0 Å². The Balaban J connectivity index is 2.17. The van der Waals surface area contributed by atoms with E-state index in [-0.39, 0.29) is 12.0 Å². The average Bonchev–Trinajstić information content (AvgIpc) is 2.73. The van der Waals surface area contributed by atoms with Gasteiger partial charge in [-0.25, -0.2) is 0 Å². The fraction of sp³-hybridized carbons (Fsp3) is 0.500. The summed E-state index contributed by atoms with van der Waals surface area (Å²) in [4.78, 5) is 13.6. The Morgan fingerprint density at radius 2 is 2.26 bits per heavy atom. The zero-order valence-electron chi connectivity index (χ0n) is 11.6. The number of likely N-dealkylation sites (N-methyl/N-ethyl adjacent to an activating group) is 1. The molecule has 1 aliphatic heterocycles. The van der Waals surface area contributed by atoms with E-state index >= 15 is 0 Å². The minimum Gasteiger partial charge on any atom is -0.497 e. The number of benzene rings is 1. The Bertz CT molecular complexity index is 462. The number of nitrogens with one attached hydrogen (secondary N) is 1. The number of carbonyl (C=O) groups is 1. The molecule has 1 aliphatic rings. The third-order valence-electron chi connectivity index (χ3n) is 3.28. The van der Waals surface area contributed by atoms with Crippen molar-refractivity contribution in [2.45, 2.75) is 19.1 Å². The van der Waals surface area contributed by atoms with Gasteiger partial charge in [-0.2, -0.15) is 0 Å². The van der Waals surface area contributed by atoms with Gasteiger partial charge < -0.3 is 19.7 Å². The second-order valence-corrected chi connectivity index (χ2v) is 4.66. The Morgan fingerprint density at radius 3 is 2.84 bits per heavy atom. The van der Waals surface area contributed by atoms with Gasteiger partial charge in [-0.3, -0.25) is 4.79 Å². The summed E-state index contributed by atoms with van der Waals surface area (Å²) in [7, 11) is 5.31. The minimum atomic E-state index is -0.367. The van der Waals surface area contributed by atoms with Crippen molar-refractivity contribution in [1.82, 2.24) is 10.2 Å². The highest BCUT2D eigenvalue weighted by Crippen LogP contribution is 2.27. The zero-order chi connectivity index (χ0) is 13.8. The third kappa shape index (κ3) is 2.98. The van der Waals surface area contributed by atoms with Crippen LogP contribution in [0.15, 0.2) is 18.2 Å². The molecule has 1 aromatic rings. The van der Waals surface area contributed by atoms with Gasteiger partial charge in [-0.05, 0) is 25.2 Å². The fourth-order valence-electron chi connectivity index (χ4n) is 2.18. The van der Waals surface area contributed by atoms with Gasteiger partial charge in [-0.15, -0.1) is 0 Å². The predicted octanol–water partition coefficient (Wildman–Crippen LogP) is 1.02. The van der Waals surface area contributed by atoms with Crippen LogP contribution in [0.5, 0.6) is 11.5 Å². The Labute approximate surface area is 113 Å². The Hall–Kier alpha value is -1.75. The number of amides is 1. The number of hydrogen-bond donors (Lipinski definition) is 1. The van der Waals surface area contributed by atoms with Gasteiger partial charge in [0.15, 0.2) is 6.10 Å². The summed E-state index contributed by atoms with van der Waals surface area (Å²) in [6.07, 6.45) is 0.370. The molecule has 1 fully saturated rings. The zero-order valence-corrected chi connectivity index (χ0v) is 11.6. The SMILES string of the molecule is CNCc1cc(OC)ccc1OC1CCN(C)C1=O. The first-order valence-electron chi connectivity index (χ1n) is 6.39. The molecule has 1 N–H and O–H groups in total. The van der Waals surface area contributed by atoms with Gasteiger partial charge in [0.25, 0.3) is 5.91 Å². The van der Waals surface area contributed by atoms with Crippen molar-refractivity contribution in [1.29, 1.82) is 0 Å². The first-order chi connectivity index (χ1) is 9.15.